The number of Topliss-reactive ketones (excluding diaryl/α,β-unsaturated/α-hetero) is 1. The SMILES string of the molecule is CC1(NC=O)CCC(=O)CC1. The maximum absolute atomic E-state index is 10.8. The van der Waals surface area contributed by atoms with Crippen LogP contribution in [0.15, 0.2) is 0 Å². The van der Waals surface area contributed by atoms with Crippen molar-refractivity contribution in [3.63, 3.8) is 0 Å². The van der Waals surface area contributed by atoms with Crippen molar-refractivity contribution in [2.45, 2.75) is 38.1 Å². The van der Waals surface area contributed by atoms with Crippen LogP contribution in [-0.2, 0) is 9.59 Å². The number of ketones is 1. The zero-order valence-corrected chi connectivity index (χ0v) is 6.72. The minimum Gasteiger partial charge on any atom is -0.353 e. The van der Waals surface area contributed by atoms with E-state index in [4.69, 9.17) is 0 Å². The number of hydrogen-bond donors (Lipinski definition) is 1. The van der Waals surface area contributed by atoms with E-state index in [0.717, 1.165) is 19.3 Å². The van der Waals surface area contributed by atoms with Crippen LogP contribution >= 0.6 is 0 Å². The van der Waals surface area contributed by atoms with E-state index in [-0.39, 0.29) is 5.54 Å². The number of carbonyl (C=O) groups is 2. The van der Waals surface area contributed by atoms with Crippen LogP contribution in [0.5, 0.6) is 0 Å². The van der Waals surface area contributed by atoms with Crippen LogP contribution in [0.2, 0.25) is 0 Å². The van der Waals surface area contributed by atoms with Gasteiger partial charge in [0.2, 0.25) is 6.41 Å². The molecule has 0 saturated heterocycles. The van der Waals surface area contributed by atoms with Crippen LogP contribution in [0, 0.1) is 0 Å². The Hall–Kier alpha value is -0.860. The smallest absolute Gasteiger partial charge is 0.207 e. The Balaban J connectivity index is 2.47. The molecule has 1 rings (SSSR count). The van der Waals surface area contributed by atoms with Gasteiger partial charge in [-0.25, -0.2) is 0 Å². The van der Waals surface area contributed by atoms with Gasteiger partial charge >= 0.3 is 0 Å². The third kappa shape index (κ3) is 2.03. The van der Waals surface area contributed by atoms with Gasteiger partial charge in [0, 0.05) is 18.4 Å². The second-order valence-corrected chi connectivity index (χ2v) is 3.36. The number of hydrogen-bond acceptors (Lipinski definition) is 2. The van der Waals surface area contributed by atoms with Gasteiger partial charge in [0.15, 0.2) is 0 Å². The van der Waals surface area contributed by atoms with Crippen LogP contribution in [0.3, 0.4) is 0 Å². The maximum atomic E-state index is 10.8. The Morgan fingerprint density at radius 1 is 1.45 bits per heavy atom. The molecule has 1 saturated carbocycles. The molecule has 1 N–H and O–H groups in total. The fraction of sp³-hybridized carbons (Fsp3) is 0.750. The molecule has 0 aromatic heterocycles. The van der Waals surface area contributed by atoms with Gasteiger partial charge < -0.3 is 5.32 Å². The molecule has 0 radical (unpaired) electrons. The maximum Gasteiger partial charge on any atom is 0.207 e. The van der Waals surface area contributed by atoms with Gasteiger partial charge in [-0.2, -0.15) is 0 Å². The topological polar surface area (TPSA) is 46.2 Å². The average molecular weight is 155 g/mol. The van der Waals surface area contributed by atoms with Crippen molar-refractivity contribution >= 4 is 12.2 Å². The van der Waals surface area contributed by atoms with Crippen LogP contribution in [-0.4, -0.2) is 17.7 Å². The molecule has 1 aliphatic rings. The van der Waals surface area contributed by atoms with Crippen molar-refractivity contribution in [1.29, 1.82) is 0 Å². The summed E-state index contributed by atoms with van der Waals surface area (Å²) in [6.07, 6.45) is 3.50. The molecular formula is C8H13NO2. The molecule has 0 aromatic rings. The molecule has 0 unspecified atom stereocenters. The highest BCUT2D eigenvalue weighted by atomic mass is 16.1. The van der Waals surface area contributed by atoms with Gasteiger partial charge in [-0.05, 0) is 19.8 Å². The van der Waals surface area contributed by atoms with Gasteiger partial charge in [0.1, 0.15) is 5.78 Å². The first-order valence-corrected chi connectivity index (χ1v) is 3.89. The summed E-state index contributed by atoms with van der Waals surface area (Å²) in [6.45, 7) is 1.98. The Morgan fingerprint density at radius 2 is 2.00 bits per heavy atom. The first-order valence-electron chi connectivity index (χ1n) is 3.89. The minimum absolute atomic E-state index is 0.129. The van der Waals surface area contributed by atoms with E-state index in [0.29, 0.717) is 18.6 Å². The molecule has 0 bridgehead atoms. The van der Waals surface area contributed by atoms with Gasteiger partial charge in [-0.15, -0.1) is 0 Å². The summed E-state index contributed by atoms with van der Waals surface area (Å²) in [5.41, 5.74) is -0.129. The third-order valence-corrected chi connectivity index (χ3v) is 2.32. The molecule has 62 valence electrons. The van der Waals surface area contributed by atoms with E-state index >= 15 is 0 Å². The summed E-state index contributed by atoms with van der Waals surface area (Å²) in [5, 5.41) is 2.75. The Labute approximate surface area is 66.2 Å². The largest absolute Gasteiger partial charge is 0.353 e. The van der Waals surface area contributed by atoms with Crippen molar-refractivity contribution in [3.05, 3.63) is 0 Å². The summed E-state index contributed by atoms with van der Waals surface area (Å²) >= 11 is 0. The number of rotatable bonds is 2. The highest BCUT2D eigenvalue weighted by Crippen LogP contribution is 2.24. The van der Waals surface area contributed by atoms with E-state index < -0.39 is 0 Å². The summed E-state index contributed by atoms with van der Waals surface area (Å²) in [4.78, 5) is 21.0. The van der Waals surface area contributed by atoms with Crippen molar-refractivity contribution in [3.8, 4) is 0 Å². The van der Waals surface area contributed by atoms with Crippen molar-refractivity contribution in [1.82, 2.24) is 5.32 Å². The normalized spacial score (nSPS) is 22.8. The molecule has 1 amide bonds. The van der Waals surface area contributed by atoms with Crippen molar-refractivity contribution in [2.24, 2.45) is 0 Å². The fourth-order valence-electron chi connectivity index (χ4n) is 1.37. The molecule has 3 heteroatoms. The quantitative estimate of drug-likeness (QED) is 0.594. The van der Waals surface area contributed by atoms with Gasteiger partial charge in [0.25, 0.3) is 0 Å². The fourth-order valence-corrected chi connectivity index (χ4v) is 1.37. The number of carbonyl (C=O) groups excluding carboxylic acids is 2. The Kier molecular flexibility index (Phi) is 2.27. The number of nitrogens with one attached hydrogen (secondary N) is 1. The lowest BCUT2D eigenvalue weighted by molar-refractivity contribution is -0.122. The van der Waals surface area contributed by atoms with Crippen LogP contribution < -0.4 is 5.32 Å². The highest BCUT2D eigenvalue weighted by Gasteiger charge is 2.28. The first kappa shape index (κ1) is 8.24. The Bertz CT molecular complexity index is 167. The van der Waals surface area contributed by atoms with Crippen molar-refractivity contribution in [2.75, 3.05) is 0 Å². The van der Waals surface area contributed by atoms with E-state index in [9.17, 15) is 9.59 Å². The van der Waals surface area contributed by atoms with Gasteiger partial charge in [-0.1, -0.05) is 0 Å². The van der Waals surface area contributed by atoms with Crippen LogP contribution in [0.1, 0.15) is 32.6 Å². The zero-order valence-electron chi connectivity index (χ0n) is 6.72. The van der Waals surface area contributed by atoms with Crippen LogP contribution in [0.25, 0.3) is 0 Å². The zero-order chi connectivity index (χ0) is 8.32. The molecular weight excluding hydrogens is 142 g/mol. The summed E-state index contributed by atoms with van der Waals surface area (Å²) in [6, 6.07) is 0. The highest BCUT2D eigenvalue weighted by molar-refractivity contribution is 5.79. The Morgan fingerprint density at radius 3 is 2.45 bits per heavy atom. The van der Waals surface area contributed by atoms with Crippen molar-refractivity contribution < 1.29 is 9.59 Å². The lowest BCUT2D eigenvalue weighted by Gasteiger charge is -2.32. The average Bonchev–Trinajstić information content (AvgIpc) is 1.97. The van der Waals surface area contributed by atoms with E-state index in [1.54, 1.807) is 0 Å². The standard InChI is InChI=1S/C8H13NO2/c1-8(9-6-10)4-2-7(11)3-5-8/h6H,2-5H2,1H3,(H,9,10). The molecule has 0 heterocycles. The predicted octanol–water partition coefficient (Wildman–Crippen LogP) is 0.634. The van der Waals surface area contributed by atoms with E-state index in [2.05, 4.69) is 5.32 Å². The summed E-state index contributed by atoms with van der Waals surface area (Å²) in [7, 11) is 0. The monoisotopic (exact) mass is 155 g/mol. The van der Waals surface area contributed by atoms with E-state index in [1.807, 2.05) is 6.92 Å². The second kappa shape index (κ2) is 3.03. The third-order valence-electron chi connectivity index (χ3n) is 2.32. The lowest BCUT2D eigenvalue weighted by Crippen LogP contribution is -2.44. The van der Waals surface area contributed by atoms with Gasteiger partial charge in [-0.3, -0.25) is 9.59 Å². The van der Waals surface area contributed by atoms with E-state index in [1.165, 1.54) is 0 Å². The lowest BCUT2D eigenvalue weighted by atomic mass is 9.83. The summed E-state index contributed by atoms with van der Waals surface area (Å²) in [5.74, 6) is 0.315. The van der Waals surface area contributed by atoms with Gasteiger partial charge in [0.05, 0.1) is 0 Å². The molecule has 3 nitrogen and oxygen atoms in total. The molecule has 0 spiro atoms. The molecule has 1 fully saturated rings. The molecule has 0 aliphatic heterocycles. The second-order valence-electron chi connectivity index (χ2n) is 3.36. The predicted molar refractivity (Wildman–Crippen MR) is 41.1 cm³/mol. The molecule has 0 atom stereocenters. The molecule has 11 heavy (non-hydrogen) atoms. The minimum atomic E-state index is -0.129. The summed E-state index contributed by atoms with van der Waals surface area (Å²) < 4.78 is 0. The first-order chi connectivity index (χ1) is 5.16. The molecule has 1 aliphatic carbocycles. The van der Waals surface area contributed by atoms with Crippen LogP contribution in [0.4, 0.5) is 0 Å². The molecule has 0 aromatic carbocycles. The number of amides is 1.